The summed E-state index contributed by atoms with van der Waals surface area (Å²) in [4.78, 5) is 25.4. The quantitative estimate of drug-likeness (QED) is 0.737. The molecule has 1 aliphatic rings. The number of carbonyl (C=O) groups excluding carboxylic acids is 1. The largest absolute Gasteiger partial charge is 0.423 e. The van der Waals surface area contributed by atoms with Crippen molar-refractivity contribution < 1.29 is 9.21 Å². The van der Waals surface area contributed by atoms with Gasteiger partial charge < -0.3 is 9.32 Å². The first-order chi connectivity index (χ1) is 9.24. The van der Waals surface area contributed by atoms with Crippen LogP contribution >= 0.6 is 0 Å². The van der Waals surface area contributed by atoms with E-state index in [-0.39, 0.29) is 5.91 Å². The Morgan fingerprint density at radius 2 is 1.79 bits per heavy atom. The maximum absolute atomic E-state index is 12.3. The molecule has 1 saturated heterocycles. The normalized spacial score (nSPS) is 15.7. The summed E-state index contributed by atoms with van der Waals surface area (Å²) in [5, 5.41) is 0.829. The van der Waals surface area contributed by atoms with Crippen molar-refractivity contribution in [3.63, 3.8) is 0 Å². The number of amides is 1. The van der Waals surface area contributed by atoms with Crippen LogP contribution in [0.1, 0.15) is 29.6 Å². The Labute approximate surface area is 110 Å². The smallest absolute Gasteiger partial charge is 0.336 e. The third-order valence-electron chi connectivity index (χ3n) is 3.51. The van der Waals surface area contributed by atoms with Gasteiger partial charge in [0.2, 0.25) is 0 Å². The van der Waals surface area contributed by atoms with Crippen LogP contribution in [0.15, 0.2) is 39.5 Å². The lowest BCUT2D eigenvalue weighted by atomic mass is 10.1. The first kappa shape index (κ1) is 12.0. The summed E-state index contributed by atoms with van der Waals surface area (Å²) in [6, 6.07) is 8.35. The number of hydrogen-bond acceptors (Lipinski definition) is 3. The highest BCUT2D eigenvalue weighted by atomic mass is 16.4. The Kier molecular flexibility index (Phi) is 3.07. The molecule has 0 aliphatic carbocycles. The zero-order valence-corrected chi connectivity index (χ0v) is 10.6. The molecule has 4 nitrogen and oxygen atoms in total. The number of benzene rings is 1. The van der Waals surface area contributed by atoms with Gasteiger partial charge in [-0.1, -0.05) is 6.07 Å². The molecule has 1 aromatic carbocycles. The molecule has 2 aromatic rings. The molecule has 4 heteroatoms. The second kappa shape index (κ2) is 4.88. The van der Waals surface area contributed by atoms with Crippen molar-refractivity contribution in [2.24, 2.45) is 0 Å². The summed E-state index contributed by atoms with van der Waals surface area (Å²) in [6.07, 6.45) is 3.32. The second-order valence-electron chi connectivity index (χ2n) is 4.86. The molecule has 0 N–H and O–H groups in total. The van der Waals surface area contributed by atoms with Crippen LogP contribution < -0.4 is 5.63 Å². The van der Waals surface area contributed by atoms with Gasteiger partial charge in [0.25, 0.3) is 5.91 Å². The number of fused-ring (bicyclic) bond motifs is 1. The van der Waals surface area contributed by atoms with E-state index in [1.165, 1.54) is 12.5 Å². The Morgan fingerprint density at radius 1 is 1.05 bits per heavy atom. The SMILES string of the molecule is O=C(c1ccc2ccc(=O)oc2c1)N1CCCCC1. The van der Waals surface area contributed by atoms with Gasteiger partial charge >= 0.3 is 5.63 Å². The number of rotatable bonds is 1. The van der Waals surface area contributed by atoms with E-state index in [1.807, 2.05) is 11.0 Å². The van der Waals surface area contributed by atoms with Crippen LogP contribution in [0.4, 0.5) is 0 Å². The molecular weight excluding hydrogens is 242 g/mol. The molecule has 1 aromatic heterocycles. The lowest BCUT2D eigenvalue weighted by Crippen LogP contribution is -2.35. The van der Waals surface area contributed by atoms with Gasteiger partial charge in [-0.2, -0.15) is 0 Å². The van der Waals surface area contributed by atoms with Gasteiger partial charge in [0.15, 0.2) is 0 Å². The fraction of sp³-hybridized carbons (Fsp3) is 0.333. The van der Waals surface area contributed by atoms with E-state index in [0.717, 1.165) is 31.3 Å². The molecule has 0 bridgehead atoms. The van der Waals surface area contributed by atoms with Gasteiger partial charge in [-0.15, -0.1) is 0 Å². The van der Waals surface area contributed by atoms with Crippen LogP contribution in [0.25, 0.3) is 11.0 Å². The van der Waals surface area contributed by atoms with Crippen molar-refractivity contribution in [2.45, 2.75) is 19.3 Å². The van der Waals surface area contributed by atoms with Crippen molar-refractivity contribution in [1.29, 1.82) is 0 Å². The zero-order valence-electron chi connectivity index (χ0n) is 10.6. The Morgan fingerprint density at radius 3 is 2.58 bits per heavy atom. The van der Waals surface area contributed by atoms with Crippen LogP contribution in [0.5, 0.6) is 0 Å². The summed E-state index contributed by atoms with van der Waals surface area (Å²) >= 11 is 0. The predicted molar refractivity (Wildman–Crippen MR) is 72.2 cm³/mol. The van der Waals surface area contributed by atoms with Crippen molar-refractivity contribution >= 4 is 16.9 Å². The third kappa shape index (κ3) is 2.38. The van der Waals surface area contributed by atoms with Crippen LogP contribution in [0.2, 0.25) is 0 Å². The molecule has 1 aliphatic heterocycles. The molecule has 0 atom stereocenters. The summed E-state index contributed by atoms with van der Waals surface area (Å²) in [7, 11) is 0. The first-order valence-electron chi connectivity index (χ1n) is 6.57. The molecule has 1 fully saturated rings. The monoisotopic (exact) mass is 257 g/mol. The summed E-state index contributed by atoms with van der Waals surface area (Å²) in [5.74, 6) is 0.0214. The maximum atomic E-state index is 12.3. The van der Waals surface area contributed by atoms with Gasteiger partial charge in [0.1, 0.15) is 5.58 Å². The number of carbonyl (C=O) groups is 1. The Hall–Kier alpha value is -2.10. The average molecular weight is 257 g/mol. The van der Waals surface area contributed by atoms with Gasteiger partial charge in [-0.25, -0.2) is 4.79 Å². The van der Waals surface area contributed by atoms with Crippen LogP contribution in [0.3, 0.4) is 0 Å². The molecule has 98 valence electrons. The Balaban J connectivity index is 1.95. The number of piperidine rings is 1. The molecular formula is C15H15NO3. The first-order valence-corrected chi connectivity index (χ1v) is 6.57. The molecule has 0 radical (unpaired) electrons. The number of likely N-dealkylation sites (tertiary alicyclic amines) is 1. The summed E-state index contributed by atoms with van der Waals surface area (Å²) in [6.45, 7) is 1.63. The van der Waals surface area contributed by atoms with Crippen LogP contribution in [-0.2, 0) is 0 Å². The molecule has 0 saturated carbocycles. The lowest BCUT2D eigenvalue weighted by molar-refractivity contribution is 0.0724. The second-order valence-corrected chi connectivity index (χ2v) is 4.86. The van der Waals surface area contributed by atoms with E-state index in [1.54, 1.807) is 18.2 Å². The fourth-order valence-corrected chi connectivity index (χ4v) is 2.47. The predicted octanol–water partition coefficient (Wildman–Crippen LogP) is 2.42. The number of hydrogen-bond donors (Lipinski definition) is 0. The van der Waals surface area contributed by atoms with Gasteiger partial charge in [-0.3, -0.25) is 4.79 Å². The topological polar surface area (TPSA) is 50.5 Å². The van der Waals surface area contributed by atoms with Crippen molar-refractivity contribution in [2.75, 3.05) is 13.1 Å². The average Bonchev–Trinajstić information content (AvgIpc) is 2.46. The molecule has 0 unspecified atom stereocenters. The molecule has 2 heterocycles. The highest BCUT2D eigenvalue weighted by Gasteiger charge is 2.18. The third-order valence-corrected chi connectivity index (χ3v) is 3.51. The van der Waals surface area contributed by atoms with Crippen molar-refractivity contribution in [1.82, 2.24) is 4.90 Å². The van der Waals surface area contributed by atoms with E-state index in [0.29, 0.717) is 11.1 Å². The summed E-state index contributed by atoms with van der Waals surface area (Å²) in [5.41, 5.74) is 0.661. The lowest BCUT2D eigenvalue weighted by Gasteiger charge is -2.26. The molecule has 0 spiro atoms. The fourth-order valence-electron chi connectivity index (χ4n) is 2.47. The minimum absolute atomic E-state index is 0.0214. The standard InChI is InChI=1S/C15H15NO3/c17-14-7-6-11-4-5-12(10-13(11)19-14)15(18)16-8-2-1-3-9-16/h4-7,10H,1-3,8-9H2. The highest BCUT2D eigenvalue weighted by molar-refractivity contribution is 5.97. The summed E-state index contributed by atoms with van der Waals surface area (Å²) < 4.78 is 5.11. The maximum Gasteiger partial charge on any atom is 0.336 e. The minimum atomic E-state index is -0.393. The van der Waals surface area contributed by atoms with E-state index < -0.39 is 5.63 Å². The molecule has 3 rings (SSSR count). The number of nitrogens with zero attached hydrogens (tertiary/aromatic N) is 1. The van der Waals surface area contributed by atoms with Gasteiger partial charge in [0, 0.05) is 30.1 Å². The van der Waals surface area contributed by atoms with E-state index >= 15 is 0 Å². The minimum Gasteiger partial charge on any atom is -0.423 e. The van der Waals surface area contributed by atoms with Crippen molar-refractivity contribution in [3.05, 3.63) is 46.3 Å². The molecule has 19 heavy (non-hydrogen) atoms. The van der Waals surface area contributed by atoms with Crippen LogP contribution in [0, 0.1) is 0 Å². The highest BCUT2D eigenvalue weighted by Crippen LogP contribution is 2.17. The van der Waals surface area contributed by atoms with Crippen molar-refractivity contribution in [3.8, 4) is 0 Å². The van der Waals surface area contributed by atoms with E-state index in [2.05, 4.69) is 0 Å². The zero-order chi connectivity index (χ0) is 13.2. The van der Waals surface area contributed by atoms with Gasteiger partial charge in [0.05, 0.1) is 0 Å². The van der Waals surface area contributed by atoms with Gasteiger partial charge in [-0.05, 0) is 37.5 Å². The molecule has 1 amide bonds. The van der Waals surface area contributed by atoms with E-state index in [4.69, 9.17) is 4.42 Å². The van der Waals surface area contributed by atoms with E-state index in [9.17, 15) is 9.59 Å². The Bertz CT molecular complexity index is 668. The van der Waals surface area contributed by atoms with Crippen LogP contribution in [-0.4, -0.2) is 23.9 Å².